The Morgan fingerprint density at radius 2 is 1.81 bits per heavy atom. The van der Waals surface area contributed by atoms with Crippen LogP contribution in [0, 0.1) is 17.8 Å². The molecule has 1 atom stereocenters. The quantitative estimate of drug-likeness (QED) is 0.428. The molecule has 0 bridgehead atoms. The van der Waals surface area contributed by atoms with Crippen molar-refractivity contribution in [3.63, 3.8) is 0 Å². The minimum Gasteiger partial charge on any atom is -0.326 e. The first-order valence-electron chi connectivity index (χ1n) is 10.5. The van der Waals surface area contributed by atoms with E-state index in [1.54, 1.807) is 0 Å². The molecule has 0 spiro atoms. The van der Waals surface area contributed by atoms with Crippen molar-refractivity contribution >= 4 is 27.5 Å². The third-order valence-corrected chi connectivity index (χ3v) is 6.29. The van der Waals surface area contributed by atoms with Crippen molar-refractivity contribution in [1.29, 1.82) is 0 Å². The number of amides is 1. The molecular formula is C23H36BrNO. The van der Waals surface area contributed by atoms with Crippen molar-refractivity contribution in [2.75, 3.05) is 5.32 Å². The average molecular weight is 422 g/mol. The van der Waals surface area contributed by atoms with E-state index in [1.807, 2.05) is 0 Å². The molecule has 0 heterocycles. The third-order valence-electron chi connectivity index (χ3n) is 5.59. The predicted octanol–water partition coefficient (Wildman–Crippen LogP) is 6.97. The molecule has 0 aliphatic heterocycles. The van der Waals surface area contributed by atoms with Crippen molar-refractivity contribution in [2.45, 2.75) is 83.4 Å². The van der Waals surface area contributed by atoms with Gasteiger partial charge in [0.1, 0.15) is 0 Å². The van der Waals surface area contributed by atoms with E-state index in [1.165, 1.54) is 44.1 Å². The summed E-state index contributed by atoms with van der Waals surface area (Å²) in [6.07, 6.45) is 10.7. The predicted molar refractivity (Wildman–Crippen MR) is 116 cm³/mol. The van der Waals surface area contributed by atoms with Gasteiger partial charge in [0.25, 0.3) is 0 Å². The van der Waals surface area contributed by atoms with Gasteiger partial charge in [0.15, 0.2) is 0 Å². The van der Waals surface area contributed by atoms with Crippen LogP contribution in [-0.2, 0) is 11.2 Å². The number of hydrogen-bond donors (Lipinski definition) is 1. The fourth-order valence-electron chi connectivity index (χ4n) is 4.03. The Balaban J connectivity index is 1.77. The highest BCUT2D eigenvalue weighted by Crippen LogP contribution is 2.32. The molecule has 2 nitrogen and oxygen atoms in total. The molecule has 1 aliphatic rings. The Hall–Kier alpha value is -0.830. The molecule has 1 N–H and O–H groups in total. The van der Waals surface area contributed by atoms with Gasteiger partial charge in [0, 0.05) is 16.4 Å². The normalized spacial score (nSPS) is 21.6. The Bertz CT molecular complexity index is 532. The largest absolute Gasteiger partial charge is 0.326 e. The maximum absolute atomic E-state index is 12.6. The maximum atomic E-state index is 12.6. The number of alkyl halides is 1. The molecule has 1 aliphatic carbocycles. The third kappa shape index (κ3) is 7.42. The second-order valence-corrected chi connectivity index (χ2v) is 9.77. The van der Waals surface area contributed by atoms with Crippen molar-refractivity contribution in [3.05, 3.63) is 29.8 Å². The Labute approximate surface area is 168 Å². The van der Waals surface area contributed by atoms with Crippen LogP contribution in [0.4, 0.5) is 5.69 Å². The summed E-state index contributed by atoms with van der Waals surface area (Å²) in [5, 5.41) is 3.13. The summed E-state index contributed by atoms with van der Waals surface area (Å²) in [6.45, 7) is 6.76. The van der Waals surface area contributed by atoms with Gasteiger partial charge >= 0.3 is 0 Å². The summed E-state index contributed by atoms with van der Waals surface area (Å²) in [7, 11) is 0. The van der Waals surface area contributed by atoms with E-state index >= 15 is 0 Å². The van der Waals surface area contributed by atoms with Gasteiger partial charge in [-0.1, -0.05) is 68.1 Å². The summed E-state index contributed by atoms with van der Waals surface area (Å²) in [5.41, 5.74) is 2.25. The van der Waals surface area contributed by atoms with Crippen LogP contribution in [0.15, 0.2) is 24.3 Å². The monoisotopic (exact) mass is 421 g/mol. The van der Waals surface area contributed by atoms with E-state index in [0.29, 0.717) is 10.7 Å². The zero-order valence-corrected chi connectivity index (χ0v) is 18.4. The van der Waals surface area contributed by atoms with Crippen LogP contribution < -0.4 is 5.32 Å². The lowest BCUT2D eigenvalue weighted by atomic mass is 9.79. The molecule has 26 heavy (non-hydrogen) atoms. The number of carbonyl (C=O) groups excluding carboxylic acids is 1. The van der Waals surface area contributed by atoms with Gasteiger partial charge in [-0.3, -0.25) is 4.79 Å². The van der Waals surface area contributed by atoms with Crippen molar-refractivity contribution in [3.8, 4) is 0 Å². The Morgan fingerprint density at radius 1 is 1.15 bits per heavy atom. The van der Waals surface area contributed by atoms with Gasteiger partial charge in [0.2, 0.25) is 5.91 Å². The van der Waals surface area contributed by atoms with E-state index in [9.17, 15) is 4.79 Å². The first-order valence-corrected chi connectivity index (χ1v) is 11.4. The van der Waals surface area contributed by atoms with E-state index in [4.69, 9.17) is 0 Å². The summed E-state index contributed by atoms with van der Waals surface area (Å²) in [4.78, 5) is 13.1. The van der Waals surface area contributed by atoms with Crippen molar-refractivity contribution < 1.29 is 4.79 Å². The topological polar surface area (TPSA) is 29.1 Å². The molecular weight excluding hydrogens is 386 g/mol. The first kappa shape index (κ1) is 21.5. The number of unbranched alkanes of at least 4 members (excludes halogenated alkanes) is 1. The van der Waals surface area contributed by atoms with Gasteiger partial charge < -0.3 is 5.32 Å². The highest BCUT2D eigenvalue weighted by atomic mass is 79.9. The number of hydrogen-bond acceptors (Lipinski definition) is 1. The van der Waals surface area contributed by atoms with E-state index in [0.717, 1.165) is 30.9 Å². The van der Waals surface area contributed by atoms with Crippen molar-refractivity contribution in [1.82, 2.24) is 0 Å². The SMILES string of the molecule is CCCCC1CCC(C(=O)Nc2ccc(CC(Br)CC(C)C)cc2)CC1. The molecule has 1 fully saturated rings. The fourth-order valence-corrected chi connectivity index (χ4v) is 5.15. The van der Waals surface area contributed by atoms with Gasteiger partial charge in [-0.25, -0.2) is 0 Å². The van der Waals surface area contributed by atoms with Crippen LogP contribution in [0.25, 0.3) is 0 Å². The van der Waals surface area contributed by atoms with Crippen LogP contribution in [0.2, 0.25) is 0 Å². The van der Waals surface area contributed by atoms with Crippen molar-refractivity contribution in [2.24, 2.45) is 17.8 Å². The highest BCUT2D eigenvalue weighted by Gasteiger charge is 2.26. The minimum atomic E-state index is 0.200. The average Bonchev–Trinajstić information content (AvgIpc) is 2.61. The number of carbonyl (C=O) groups is 1. The second kappa shape index (κ2) is 11.1. The standard InChI is InChI=1S/C23H36BrNO/c1-4-5-6-18-7-11-20(12-8-18)23(26)25-22-13-9-19(10-14-22)16-21(24)15-17(2)3/h9-10,13-14,17-18,20-21H,4-8,11-12,15-16H2,1-3H3,(H,25,26). The lowest BCUT2D eigenvalue weighted by Gasteiger charge is -2.27. The lowest BCUT2D eigenvalue weighted by molar-refractivity contribution is -0.121. The maximum Gasteiger partial charge on any atom is 0.227 e. The zero-order valence-electron chi connectivity index (χ0n) is 16.8. The summed E-state index contributed by atoms with van der Waals surface area (Å²) >= 11 is 3.78. The molecule has 146 valence electrons. The molecule has 1 saturated carbocycles. The molecule has 1 amide bonds. The van der Waals surface area contributed by atoms with E-state index in [2.05, 4.69) is 66.3 Å². The Morgan fingerprint density at radius 3 is 2.38 bits per heavy atom. The summed E-state index contributed by atoms with van der Waals surface area (Å²) in [5.74, 6) is 1.96. The minimum absolute atomic E-state index is 0.200. The first-order chi connectivity index (χ1) is 12.5. The van der Waals surface area contributed by atoms with E-state index < -0.39 is 0 Å². The lowest BCUT2D eigenvalue weighted by Crippen LogP contribution is -2.27. The van der Waals surface area contributed by atoms with Gasteiger partial charge in [-0.05, 0) is 68.1 Å². The van der Waals surface area contributed by atoms with Crippen LogP contribution in [0.5, 0.6) is 0 Å². The molecule has 0 aromatic heterocycles. The zero-order chi connectivity index (χ0) is 18.9. The number of benzene rings is 1. The number of halogens is 1. The highest BCUT2D eigenvalue weighted by molar-refractivity contribution is 9.09. The molecule has 1 unspecified atom stereocenters. The second-order valence-electron chi connectivity index (χ2n) is 8.48. The number of anilines is 1. The van der Waals surface area contributed by atoms with Crippen LogP contribution in [0.1, 0.15) is 77.7 Å². The van der Waals surface area contributed by atoms with E-state index in [-0.39, 0.29) is 11.8 Å². The van der Waals surface area contributed by atoms with Gasteiger partial charge in [0.05, 0.1) is 0 Å². The molecule has 2 rings (SSSR count). The number of nitrogens with one attached hydrogen (secondary N) is 1. The summed E-state index contributed by atoms with van der Waals surface area (Å²) in [6, 6.07) is 8.39. The number of rotatable bonds is 9. The summed E-state index contributed by atoms with van der Waals surface area (Å²) < 4.78 is 0. The van der Waals surface area contributed by atoms with Crippen LogP contribution in [0.3, 0.4) is 0 Å². The Kier molecular flexibility index (Phi) is 9.18. The van der Waals surface area contributed by atoms with Crippen LogP contribution in [-0.4, -0.2) is 10.7 Å². The van der Waals surface area contributed by atoms with Gasteiger partial charge in [-0.2, -0.15) is 0 Å². The smallest absolute Gasteiger partial charge is 0.227 e. The van der Waals surface area contributed by atoms with Gasteiger partial charge in [-0.15, -0.1) is 0 Å². The fraction of sp³-hybridized carbons (Fsp3) is 0.696. The molecule has 1 aromatic rings. The molecule has 1 aromatic carbocycles. The molecule has 0 saturated heterocycles. The van der Waals surface area contributed by atoms with Crippen LogP contribution >= 0.6 is 15.9 Å². The molecule has 0 radical (unpaired) electrons. The molecule has 3 heteroatoms.